The predicted molar refractivity (Wildman–Crippen MR) is 114 cm³/mol. The van der Waals surface area contributed by atoms with Gasteiger partial charge in [-0.05, 0) is 38.3 Å². The van der Waals surface area contributed by atoms with Gasteiger partial charge in [0.2, 0.25) is 0 Å². The normalized spacial score (nSPS) is 14.4. The Morgan fingerprint density at radius 3 is 2.46 bits per heavy atom. The van der Waals surface area contributed by atoms with Gasteiger partial charge in [-0.15, -0.1) is 11.3 Å². The van der Waals surface area contributed by atoms with Crippen molar-refractivity contribution in [1.82, 2.24) is 14.9 Å². The van der Waals surface area contributed by atoms with Crippen LogP contribution in [0, 0.1) is 20.8 Å². The number of carbonyl (C=O) groups excluding carboxylic acids is 1. The highest BCUT2D eigenvalue weighted by Gasteiger charge is 2.25. The highest BCUT2D eigenvalue weighted by atomic mass is 32.1. The molecule has 0 atom stereocenters. The Kier molecular flexibility index (Phi) is 5.13. The molecule has 3 heterocycles. The van der Waals surface area contributed by atoms with Crippen LogP contribution in [-0.2, 0) is 0 Å². The SMILES string of the molecule is Cc1cccc(-c2nc(C)c(C)c(N3CCN(C(=O)c4cccs4)CC3)n2)c1. The van der Waals surface area contributed by atoms with E-state index in [2.05, 4.69) is 36.9 Å². The number of hydrogen-bond acceptors (Lipinski definition) is 5. The molecular weight excluding hydrogens is 368 g/mol. The van der Waals surface area contributed by atoms with Crippen LogP contribution in [0.4, 0.5) is 5.82 Å². The van der Waals surface area contributed by atoms with Gasteiger partial charge in [0.25, 0.3) is 5.91 Å². The lowest BCUT2D eigenvalue weighted by Crippen LogP contribution is -2.49. The predicted octanol–water partition coefficient (Wildman–Crippen LogP) is 4.09. The van der Waals surface area contributed by atoms with Crippen molar-refractivity contribution in [3.05, 3.63) is 63.5 Å². The molecule has 1 aromatic carbocycles. The van der Waals surface area contributed by atoms with E-state index in [0.717, 1.165) is 46.4 Å². The van der Waals surface area contributed by atoms with E-state index in [9.17, 15) is 4.79 Å². The number of aryl methyl sites for hydroxylation is 2. The van der Waals surface area contributed by atoms with Crippen molar-refractivity contribution < 1.29 is 4.79 Å². The molecule has 3 aromatic rings. The summed E-state index contributed by atoms with van der Waals surface area (Å²) in [6.45, 7) is 9.17. The molecule has 1 fully saturated rings. The highest BCUT2D eigenvalue weighted by molar-refractivity contribution is 7.12. The second-order valence-electron chi connectivity index (χ2n) is 7.21. The van der Waals surface area contributed by atoms with Crippen molar-refractivity contribution in [2.75, 3.05) is 31.1 Å². The van der Waals surface area contributed by atoms with Gasteiger partial charge in [0, 0.05) is 43.0 Å². The molecule has 1 aliphatic heterocycles. The summed E-state index contributed by atoms with van der Waals surface area (Å²) in [5, 5.41) is 1.95. The number of hydrogen-bond donors (Lipinski definition) is 0. The topological polar surface area (TPSA) is 49.3 Å². The molecule has 4 rings (SSSR count). The van der Waals surface area contributed by atoms with E-state index in [4.69, 9.17) is 9.97 Å². The van der Waals surface area contributed by atoms with Gasteiger partial charge >= 0.3 is 0 Å². The Bertz CT molecular complexity index is 992. The fourth-order valence-corrected chi connectivity index (χ4v) is 4.20. The number of aromatic nitrogens is 2. The van der Waals surface area contributed by atoms with E-state index in [1.165, 1.54) is 16.9 Å². The maximum Gasteiger partial charge on any atom is 0.264 e. The van der Waals surface area contributed by atoms with Crippen LogP contribution in [0.25, 0.3) is 11.4 Å². The Hall–Kier alpha value is -2.73. The summed E-state index contributed by atoms with van der Waals surface area (Å²) in [6, 6.07) is 12.1. The number of thiophene rings is 1. The first-order valence-corrected chi connectivity index (χ1v) is 10.4. The Morgan fingerprint density at radius 2 is 1.79 bits per heavy atom. The monoisotopic (exact) mass is 392 g/mol. The van der Waals surface area contributed by atoms with Gasteiger partial charge in [-0.2, -0.15) is 0 Å². The molecule has 1 saturated heterocycles. The molecule has 0 spiro atoms. The molecule has 0 bridgehead atoms. The smallest absolute Gasteiger partial charge is 0.264 e. The fourth-order valence-electron chi connectivity index (χ4n) is 3.51. The van der Waals surface area contributed by atoms with Crippen molar-refractivity contribution in [2.24, 2.45) is 0 Å². The average Bonchev–Trinajstić information content (AvgIpc) is 3.24. The van der Waals surface area contributed by atoms with Crippen LogP contribution in [0.3, 0.4) is 0 Å². The standard InChI is InChI=1S/C22H24N4OS/c1-15-6-4-7-18(14-15)20-23-17(3)16(2)21(24-20)25-9-11-26(12-10-25)22(27)19-8-5-13-28-19/h4-8,13-14H,9-12H2,1-3H3. The van der Waals surface area contributed by atoms with Crippen molar-refractivity contribution >= 4 is 23.1 Å². The summed E-state index contributed by atoms with van der Waals surface area (Å²) in [5.74, 6) is 1.87. The Balaban J connectivity index is 1.56. The van der Waals surface area contributed by atoms with Crippen molar-refractivity contribution in [1.29, 1.82) is 0 Å². The van der Waals surface area contributed by atoms with E-state index >= 15 is 0 Å². The van der Waals surface area contributed by atoms with Crippen LogP contribution in [0.15, 0.2) is 41.8 Å². The highest BCUT2D eigenvalue weighted by Crippen LogP contribution is 2.26. The second-order valence-corrected chi connectivity index (χ2v) is 8.15. The summed E-state index contributed by atoms with van der Waals surface area (Å²) in [6.07, 6.45) is 0. The lowest BCUT2D eigenvalue weighted by molar-refractivity contribution is 0.0751. The van der Waals surface area contributed by atoms with E-state index in [-0.39, 0.29) is 5.91 Å². The first-order chi connectivity index (χ1) is 13.5. The van der Waals surface area contributed by atoms with Gasteiger partial charge < -0.3 is 9.80 Å². The Morgan fingerprint density at radius 1 is 1.00 bits per heavy atom. The molecule has 0 saturated carbocycles. The first kappa shape index (κ1) is 18.6. The van der Waals surface area contributed by atoms with Crippen molar-refractivity contribution in [2.45, 2.75) is 20.8 Å². The number of anilines is 1. The van der Waals surface area contributed by atoms with E-state index in [1.807, 2.05) is 35.4 Å². The van der Waals surface area contributed by atoms with Gasteiger partial charge in [-0.25, -0.2) is 9.97 Å². The maximum atomic E-state index is 12.6. The van der Waals surface area contributed by atoms with Gasteiger partial charge in [-0.3, -0.25) is 4.79 Å². The summed E-state index contributed by atoms with van der Waals surface area (Å²) in [4.78, 5) is 27.2. The number of rotatable bonds is 3. The third kappa shape index (κ3) is 3.64. The van der Waals surface area contributed by atoms with Crippen molar-refractivity contribution in [3.8, 4) is 11.4 Å². The number of piperazine rings is 1. The van der Waals surface area contributed by atoms with Gasteiger partial charge in [0.15, 0.2) is 5.82 Å². The third-order valence-electron chi connectivity index (χ3n) is 5.24. The van der Waals surface area contributed by atoms with Crippen LogP contribution in [0.5, 0.6) is 0 Å². The zero-order chi connectivity index (χ0) is 19.7. The lowest BCUT2D eigenvalue weighted by Gasteiger charge is -2.36. The molecule has 144 valence electrons. The molecular formula is C22H24N4OS. The van der Waals surface area contributed by atoms with Crippen molar-refractivity contribution in [3.63, 3.8) is 0 Å². The van der Waals surface area contributed by atoms with Gasteiger partial charge in [-0.1, -0.05) is 29.8 Å². The molecule has 2 aromatic heterocycles. The second kappa shape index (κ2) is 7.72. The Labute approximate surface area is 169 Å². The summed E-state index contributed by atoms with van der Waals surface area (Å²) in [5.41, 5.74) is 4.34. The van der Waals surface area contributed by atoms with Crippen LogP contribution < -0.4 is 4.90 Å². The van der Waals surface area contributed by atoms with E-state index < -0.39 is 0 Å². The molecule has 1 amide bonds. The number of nitrogens with zero attached hydrogens (tertiary/aromatic N) is 4. The summed E-state index contributed by atoms with van der Waals surface area (Å²) in [7, 11) is 0. The maximum absolute atomic E-state index is 12.6. The minimum absolute atomic E-state index is 0.130. The zero-order valence-corrected chi connectivity index (χ0v) is 17.3. The van der Waals surface area contributed by atoms with Crippen LogP contribution in [0.1, 0.15) is 26.5 Å². The summed E-state index contributed by atoms with van der Waals surface area (Å²) < 4.78 is 0. The third-order valence-corrected chi connectivity index (χ3v) is 6.10. The van der Waals surface area contributed by atoms with Gasteiger partial charge in [0.05, 0.1) is 4.88 Å². The number of benzene rings is 1. The van der Waals surface area contributed by atoms with Crippen LogP contribution in [-0.4, -0.2) is 47.0 Å². The van der Waals surface area contributed by atoms with Gasteiger partial charge in [0.1, 0.15) is 5.82 Å². The molecule has 6 heteroatoms. The summed E-state index contributed by atoms with van der Waals surface area (Å²) >= 11 is 1.50. The molecule has 0 radical (unpaired) electrons. The average molecular weight is 393 g/mol. The molecule has 0 unspecified atom stereocenters. The minimum Gasteiger partial charge on any atom is -0.353 e. The molecule has 0 N–H and O–H groups in total. The first-order valence-electron chi connectivity index (χ1n) is 9.53. The van der Waals surface area contributed by atoms with E-state index in [1.54, 1.807) is 0 Å². The minimum atomic E-state index is 0.130. The van der Waals surface area contributed by atoms with Crippen LogP contribution >= 0.6 is 11.3 Å². The fraction of sp³-hybridized carbons (Fsp3) is 0.318. The lowest BCUT2D eigenvalue weighted by atomic mass is 10.1. The van der Waals surface area contributed by atoms with Crippen LogP contribution in [0.2, 0.25) is 0 Å². The molecule has 1 aliphatic rings. The number of carbonyl (C=O) groups is 1. The zero-order valence-electron chi connectivity index (χ0n) is 16.5. The number of amides is 1. The molecule has 0 aliphatic carbocycles. The molecule has 5 nitrogen and oxygen atoms in total. The molecule has 28 heavy (non-hydrogen) atoms. The van der Waals surface area contributed by atoms with E-state index in [0.29, 0.717) is 13.1 Å². The largest absolute Gasteiger partial charge is 0.353 e. The quantitative estimate of drug-likeness (QED) is 0.674.